The number of ether oxygens (including phenoxy) is 1. The molecule has 5 N–H and O–H groups in total. The molecule has 0 spiro atoms. The van der Waals surface area contributed by atoms with E-state index in [1.165, 1.54) is 0 Å². The summed E-state index contributed by atoms with van der Waals surface area (Å²) < 4.78 is 6.56. The van der Waals surface area contributed by atoms with Crippen LogP contribution < -0.4 is 11.1 Å². The van der Waals surface area contributed by atoms with Crippen LogP contribution in [0.3, 0.4) is 0 Å². The van der Waals surface area contributed by atoms with Gasteiger partial charge in [0, 0.05) is 12.7 Å². The van der Waals surface area contributed by atoms with Crippen LogP contribution in [0.1, 0.15) is 11.9 Å². The van der Waals surface area contributed by atoms with E-state index in [0.29, 0.717) is 17.9 Å². The van der Waals surface area contributed by atoms with Crippen LogP contribution in [-0.4, -0.2) is 44.9 Å². The maximum Gasteiger partial charge on any atom is 0.152 e. The molecule has 0 bridgehead atoms. The van der Waals surface area contributed by atoms with Crippen molar-refractivity contribution < 1.29 is 4.74 Å². The second-order valence-electron chi connectivity index (χ2n) is 5.71. The van der Waals surface area contributed by atoms with Gasteiger partial charge >= 0.3 is 0 Å². The Kier molecular flexibility index (Phi) is 3.05. The summed E-state index contributed by atoms with van der Waals surface area (Å²) in [7, 11) is 0. The number of fused-ring (bicyclic) bond motifs is 3. The molecule has 4 aromatic rings. The third-order valence-corrected chi connectivity index (χ3v) is 5.31. The van der Waals surface area contributed by atoms with E-state index >= 15 is 0 Å². The highest BCUT2D eigenvalue weighted by molar-refractivity contribution is 7.23. The Balaban J connectivity index is 1.69. The molecule has 0 aliphatic carbocycles. The number of imidazole rings is 1. The molecular weight excluding hydrogens is 326 g/mol. The fourth-order valence-corrected chi connectivity index (χ4v) is 4.06. The van der Waals surface area contributed by atoms with E-state index in [2.05, 4.69) is 30.5 Å². The van der Waals surface area contributed by atoms with Gasteiger partial charge in [0.05, 0.1) is 39.9 Å². The normalized spacial score (nSPS) is 18.6. The number of nitrogen functional groups attached to an aromatic ring is 1. The number of nitrogens with two attached hydrogens (primary N) is 1. The number of aromatic amines is 2. The molecule has 4 aromatic heterocycles. The first kappa shape index (κ1) is 13.9. The van der Waals surface area contributed by atoms with Crippen LogP contribution in [0.25, 0.3) is 31.8 Å². The van der Waals surface area contributed by atoms with Crippen molar-refractivity contribution in [1.29, 1.82) is 0 Å². The van der Waals surface area contributed by atoms with Gasteiger partial charge in [-0.05, 0) is 12.1 Å². The molecule has 24 heavy (non-hydrogen) atoms. The molecule has 1 aliphatic heterocycles. The topological polar surface area (TPSA) is 118 Å². The van der Waals surface area contributed by atoms with Gasteiger partial charge in [-0.3, -0.25) is 5.10 Å². The average Bonchev–Trinajstić information content (AvgIpc) is 3.33. The van der Waals surface area contributed by atoms with Gasteiger partial charge in [-0.2, -0.15) is 5.10 Å². The van der Waals surface area contributed by atoms with Gasteiger partial charge in [-0.25, -0.2) is 9.97 Å². The number of nitrogens with one attached hydrogen (secondary N) is 3. The lowest BCUT2D eigenvalue weighted by Gasteiger charge is -2.21. The van der Waals surface area contributed by atoms with Crippen molar-refractivity contribution in [2.45, 2.75) is 6.04 Å². The van der Waals surface area contributed by atoms with E-state index < -0.39 is 0 Å². The van der Waals surface area contributed by atoms with Crippen molar-refractivity contribution in [2.75, 3.05) is 25.5 Å². The van der Waals surface area contributed by atoms with Gasteiger partial charge in [0.15, 0.2) is 5.82 Å². The van der Waals surface area contributed by atoms with Crippen molar-refractivity contribution in [3.63, 3.8) is 0 Å². The van der Waals surface area contributed by atoms with E-state index in [1.54, 1.807) is 17.5 Å². The number of hydrogen-bond acceptors (Lipinski definition) is 7. The maximum absolute atomic E-state index is 6.13. The second kappa shape index (κ2) is 5.26. The Labute approximate surface area is 140 Å². The summed E-state index contributed by atoms with van der Waals surface area (Å²) >= 11 is 1.63. The first-order valence-corrected chi connectivity index (χ1v) is 8.51. The Hall–Kier alpha value is -2.49. The first-order valence-electron chi connectivity index (χ1n) is 7.69. The Bertz CT molecular complexity index is 1010. The molecule has 1 fully saturated rings. The van der Waals surface area contributed by atoms with Crippen molar-refractivity contribution in [3.8, 4) is 10.6 Å². The Morgan fingerprint density at radius 3 is 3.08 bits per heavy atom. The lowest BCUT2D eigenvalue weighted by atomic mass is 10.2. The summed E-state index contributed by atoms with van der Waals surface area (Å²) in [6.07, 6.45) is 1.81. The van der Waals surface area contributed by atoms with Gasteiger partial charge in [0.1, 0.15) is 17.0 Å². The molecule has 5 rings (SSSR count). The van der Waals surface area contributed by atoms with Crippen LogP contribution >= 0.6 is 11.3 Å². The second-order valence-corrected chi connectivity index (χ2v) is 6.76. The number of anilines is 1. The van der Waals surface area contributed by atoms with Crippen LogP contribution in [0, 0.1) is 0 Å². The summed E-state index contributed by atoms with van der Waals surface area (Å²) in [5, 5.41) is 10.5. The van der Waals surface area contributed by atoms with Gasteiger partial charge < -0.3 is 20.8 Å². The zero-order chi connectivity index (χ0) is 16.1. The molecular formula is C15H15N7OS. The van der Waals surface area contributed by atoms with Crippen molar-refractivity contribution in [3.05, 3.63) is 24.2 Å². The number of pyridine rings is 1. The molecule has 1 atom stereocenters. The molecule has 0 amide bonds. The quantitative estimate of drug-likeness (QED) is 0.442. The van der Waals surface area contributed by atoms with E-state index in [9.17, 15) is 0 Å². The van der Waals surface area contributed by atoms with E-state index in [-0.39, 0.29) is 6.04 Å². The maximum atomic E-state index is 6.13. The Morgan fingerprint density at radius 2 is 2.29 bits per heavy atom. The highest BCUT2D eigenvalue weighted by atomic mass is 32.1. The monoisotopic (exact) mass is 341 g/mol. The number of morpholine rings is 1. The summed E-state index contributed by atoms with van der Waals surface area (Å²) in [6, 6.07) is 3.99. The highest BCUT2D eigenvalue weighted by Gasteiger charge is 2.22. The summed E-state index contributed by atoms with van der Waals surface area (Å²) in [5.41, 5.74) is 9.51. The van der Waals surface area contributed by atoms with Crippen LogP contribution in [0.5, 0.6) is 0 Å². The predicted molar refractivity (Wildman–Crippen MR) is 92.8 cm³/mol. The molecule has 1 saturated heterocycles. The van der Waals surface area contributed by atoms with E-state index in [0.717, 1.165) is 45.3 Å². The fraction of sp³-hybridized carbons (Fsp3) is 0.267. The number of rotatable bonds is 2. The molecule has 1 unspecified atom stereocenters. The van der Waals surface area contributed by atoms with Crippen molar-refractivity contribution in [2.24, 2.45) is 0 Å². The molecule has 5 heterocycles. The lowest BCUT2D eigenvalue weighted by Crippen LogP contribution is -2.35. The summed E-state index contributed by atoms with van der Waals surface area (Å²) in [5.74, 6) is 1.27. The minimum atomic E-state index is 0.0476. The van der Waals surface area contributed by atoms with Crippen molar-refractivity contribution >= 4 is 38.4 Å². The summed E-state index contributed by atoms with van der Waals surface area (Å²) in [4.78, 5) is 13.6. The number of H-pyrrole nitrogens is 2. The number of thiophene rings is 1. The zero-order valence-electron chi connectivity index (χ0n) is 12.7. The number of aromatic nitrogens is 5. The highest BCUT2D eigenvalue weighted by Crippen LogP contribution is 2.37. The van der Waals surface area contributed by atoms with E-state index in [4.69, 9.17) is 10.5 Å². The van der Waals surface area contributed by atoms with Gasteiger partial charge in [-0.1, -0.05) is 0 Å². The SMILES string of the molecule is Nc1nc2cc(-c3cc[nH]n3)sc2c2[nH]c(C3COCCN3)nc12. The fourth-order valence-electron chi connectivity index (χ4n) is 3.00. The van der Waals surface area contributed by atoms with Crippen LogP contribution in [0.4, 0.5) is 5.82 Å². The lowest BCUT2D eigenvalue weighted by molar-refractivity contribution is 0.0746. The van der Waals surface area contributed by atoms with Crippen LogP contribution in [0.15, 0.2) is 18.3 Å². The van der Waals surface area contributed by atoms with Crippen LogP contribution in [-0.2, 0) is 4.74 Å². The molecule has 0 saturated carbocycles. The van der Waals surface area contributed by atoms with Crippen LogP contribution in [0.2, 0.25) is 0 Å². The molecule has 122 valence electrons. The Morgan fingerprint density at radius 1 is 1.33 bits per heavy atom. The molecule has 1 aliphatic rings. The third-order valence-electron chi connectivity index (χ3n) is 4.15. The molecule has 8 nitrogen and oxygen atoms in total. The first-order chi connectivity index (χ1) is 11.8. The molecule has 0 radical (unpaired) electrons. The third kappa shape index (κ3) is 2.09. The minimum absolute atomic E-state index is 0.0476. The largest absolute Gasteiger partial charge is 0.382 e. The smallest absolute Gasteiger partial charge is 0.152 e. The van der Waals surface area contributed by atoms with Gasteiger partial charge in [0.25, 0.3) is 0 Å². The number of nitrogens with zero attached hydrogens (tertiary/aromatic N) is 3. The minimum Gasteiger partial charge on any atom is -0.382 e. The standard InChI is InChI=1S/C15H15N7OS/c16-14-12-11(20-15(21-12)9-6-23-4-3-17-9)13-8(19-14)5-10(24-13)7-1-2-18-22-7/h1-2,5,9,17H,3-4,6H2,(H2,16,19)(H,18,22)(H,20,21). The number of hydrogen-bond donors (Lipinski definition) is 4. The molecule has 0 aromatic carbocycles. The van der Waals surface area contributed by atoms with E-state index in [1.807, 2.05) is 12.1 Å². The van der Waals surface area contributed by atoms with Gasteiger partial charge in [0.2, 0.25) is 0 Å². The average molecular weight is 341 g/mol. The summed E-state index contributed by atoms with van der Waals surface area (Å²) in [6.45, 7) is 2.13. The molecule has 9 heteroatoms. The van der Waals surface area contributed by atoms with Gasteiger partial charge in [-0.15, -0.1) is 11.3 Å². The predicted octanol–water partition coefficient (Wildman–Crippen LogP) is 1.81. The zero-order valence-corrected chi connectivity index (χ0v) is 13.5. The van der Waals surface area contributed by atoms with Crippen molar-refractivity contribution in [1.82, 2.24) is 30.5 Å².